The van der Waals surface area contributed by atoms with Crippen LogP contribution >= 0.6 is 11.6 Å². The van der Waals surface area contributed by atoms with Crippen LogP contribution in [-0.4, -0.2) is 61.7 Å². The molecular formula is C31H36ClN3O6S. The first-order valence-corrected chi connectivity index (χ1v) is 15.4. The number of benzene rings is 3. The third-order valence-corrected chi connectivity index (χ3v) is 8.60. The molecule has 1 aliphatic heterocycles. The summed E-state index contributed by atoms with van der Waals surface area (Å²) in [6.07, 6.45) is 0.578. The summed E-state index contributed by atoms with van der Waals surface area (Å²) in [5.41, 5.74) is 2.53. The van der Waals surface area contributed by atoms with E-state index >= 15 is 0 Å². The van der Waals surface area contributed by atoms with Crippen LogP contribution in [0.1, 0.15) is 38.3 Å². The predicted octanol–water partition coefficient (Wildman–Crippen LogP) is 5.60. The monoisotopic (exact) mass is 613 g/mol. The first-order valence-electron chi connectivity index (χ1n) is 13.6. The molecule has 1 saturated heterocycles. The van der Waals surface area contributed by atoms with E-state index in [1.54, 1.807) is 40.9 Å². The number of hydrogen-bond donors (Lipinski definition) is 1. The largest absolute Gasteiger partial charge is 0.496 e. The molecule has 2 amide bonds. The summed E-state index contributed by atoms with van der Waals surface area (Å²) in [5, 5.41) is 4.13. The third kappa shape index (κ3) is 7.42. The molecule has 3 aromatic carbocycles. The fraction of sp³-hybridized carbons (Fsp3) is 0.355. The van der Waals surface area contributed by atoms with Crippen molar-refractivity contribution in [3.05, 3.63) is 82.9 Å². The number of rotatable bonds is 8. The SMILES string of the molecule is COc1ccccc1-c1ccc(C[C@H](NC(=O)N2CCCN2S(=O)(=O)c2cc(C)cc(Cl)c2)C(=O)OC(C)(C)C)cc1. The smallest absolute Gasteiger partial charge is 0.333 e. The summed E-state index contributed by atoms with van der Waals surface area (Å²) in [6, 6.07) is 18.0. The van der Waals surface area contributed by atoms with Crippen molar-refractivity contribution >= 4 is 33.6 Å². The topological polar surface area (TPSA) is 105 Å². The second-order valence-corrected chi connectivity index (χ2v) is 13.4. The van der Waals surface area contributed by atoms with E-state index in [0.29, 0.717) is 12.0 Å². The van der Waals surface area contributed by atoms with Crippen LogP contribution in [0.5, 0.6) is 5.75 Å². The van der Waals surface area contributed by atoms with Gasteiger partial charge in [-0.3, -0.25) is 0 Å². The van der Waals surface area contributed by atoms with E-state index in [-0.39, 0.29) is 29.4 Å². The average molecular weight is 614 g/mol. The Balaban J connectivity index is 1.56. The van der Waals surface area contributed by atoms with Crippen LogP contribution in [0.15, 0.2) is 71.6 Å². The Morgan fingerprint density at radius 1 is 1.02 bits per heavy atom. The van der Waals surface area contributed by atoms with Crippen molar-refractivity contribution in [2.24, 2.45) is 0 Å². The van der Waals surface area contributed by atoms with Crippen molar-refractivity contribution in [3.63, 3.8) is 0 Å². The van der Waals surface area contributed by atoms with E-state index in [9.17, 15) is 18.0 Å². The molecular weight excluding hydrogens is 578 g/mol. The number of esters is 1. The van der Waals surface area contributed by atoms with Crippen molar-refractivity contribution in [1.82, 2.24) is 14.7 Å². The number of sulfonamides is 1. The summed E-state index contributed by atoms with van der Waals surface area (Å²) < 4.78 is 39.1. The zero-order valence-electron chi connectivity index (χ0n) is 24.4. The third-order valence-electron chi connectivity index (χ3n) is 6.61. The zero-order chi connectivity index (χ0) is 30.7. The van der Waals surface area contributed by atoms with Gasteiger partial charge in [0.15, 0.2) is 0 Å². The molecule has 11 heteroatoms. The van der Waals surface area contributed by atoms with Gasteiger partial charge in [0.25, 0.3) is 10.0 Å². The number of nitrogens with zero attached hydrogens (tertiary/aromatic N) is 2. The van der Waals surface area contributed by atoms with Crippen LogP contribution in [-0.2, 0) is 26.0 Å². The second-order valence-electron chi connectivity index (χ2n) is 11.1. The van der Waals surface area contributed by atoms with Gasteiger partial charge in [0.2, 0.25) is 0 Å². The molecule has 0 spiro atoms. The number of hydrogen-bond acceptors (Lipinski definition) is 6. The van der Waals surface area contributed by atoms with Crippen molar-refractivity contribution in [3.8, 4) is 16.9 Å². The molecule has 0 radical (unpaired) electrons. The fourth-order valence-corrected chi connectivity index (χ4v) is 6.74. The van der Waals surface area contributed by atoms with Gasteiger partial charge in [-0.2, -0.15) is 0 Å². The number of hydrazine groups is 1. The van der Waals surface area contributed by atoms with Gasteiger partial charge in [-0.25, -0.2) is 23.0 Å². The summed E-state index contributed by atoms with van der Waals surface area (Å²) >= 11 is 6.12. The van der Waals surface area contributed by atoms with Gasteiger partial charge in [0.1, 0.15) is 17.4 Å². The maximum atomic E-state index is 13.5. The lowest BCUT2D eigenvalue weighted by molar-refractivity contribution is -0.157. The van der Waals surface area contributed by atoms with Crippen molar-refractivity contribution in [2.45, 2.75) is 57.1 Å². The van der Waals surface area contributed by atoms with Gasteiger partial charge in [-0.05, 0) is 75.1 Å². The van der Waals surface area contributed by atoms with Crippen molar-refractivity contribution in [2.75, 3.05) is 20.2 Å². The molecule has 0 bridgehead atoms. The number of carbonyl (C=O) groups is 2. The van der Waals surface area contributed by atoms with Crippen LogP contribution in [0.3, 0.4) is 0 Å². The first-order chi connectivity index (χ1) is 19.8. The summed E-state index contributed by atoms with van der Waals surface area (Å²) in [5.74, 6) is 0.117. The van der Waals surface area contributed by atoms with Gasteiger partial charge < -0.3 is 14.8 Å². The normalized spacial score (nSPS) is 14.9. The number of para-hydroxylation sites is 1. The number of amides is 2. The molecule has 1 atom stereocenters. The number of methoxy groups -OCH3 is 1. The molecule has 1 heterocycles. The Morgan fingerprint density at radius 3 is 2.36 bits per heavy atom. The lowest BCUT2D eigenvalue weighted by atomic mass is 10.00. The van der Waals surface area contributed by atoms with Gasteiger partial charge >= 0.3 is 12.0 Å². The first kappa shape index (κ1) is 31.3. The molecule has 1 fully saturated rings. The lowest BCUT2D eigenvalue weighted by Gasteiger charge is -2.30. The Bertz CT molecular complexity index is 1530. The van der Waals surface area contributed by atoms with Gasteiger partial charge in [-0.15, -0.1) is 4.41 Å². The minimum atomic E-state index is -4.07. The second kappa shape index (κ2) is 12.7. The van der Waals surface area contributed by atoms with Gasteiger partial charge in [-0.1, -0.05) is 54.1 Å². The highest BCUT2D eigenvalue weighted by molar-refractivity contribution is 7.89. The lowest BCUT2D eigenvalue weighted by Crippen LogP contribution is -2.54. The molecule has 42 heavy (non-hydrogen) atoms. The average Bonchev–Trinajstić information content (AvgIpc) is 3.43. The number of aryl methyl sites for hydroxylation is 1. The van der Waals surface area contributed by atoms with Gasteiger partial charge in [0, 0.05) is 30.1 Å². The quantitative estimate of drug-likeness (QED) is 0.332. The molecule has 224 valence electrons. The summed E-state index contributed by atoms with van der Waals surface area (Å²) in [6.45, 7) is 7.25. The molecule has 1 N–H and O–H groups in total. The molecule has 0 aliphatic carbocycles. The van der Waals surface area contributed by atoms with E-state index in [2.05, 4.69) is 5.32 Å². The minimum Gasteiger partial charge on any atom is -0.496 e. The number of urea groups is 1. The van der Waals surface area contributed by atoms with E-state index < -0.39 is 33.7 Å². The number of ether oxygens (including phenoxy) is 2. The van der Waals surface area contributed by atoms with Crippen LogP contribution in [0.25, 0.3) is 11.1 Å². The minimum absolute atomic E-state index is 0.00831. The Kier molecular flexibility index (Phi) is 9.50. The Morgan fingerprint density at radius 2 is 1.71 bits per heavy atom. The number of halogens is 1. The van der Waals surface area contributed by atoms with E-state index in [1.165, 1.54) is 12.1 Å². The number of nitrogens with one attached hydrogen (secondary N) is 1. The molecule has 0 aromatic heterocycles. The van der Waals surface area contributed by atoms with E-state index in [4.69, 9.17) is 21.1 Å². The Labute approximate surface area is 252 Å². The van der Waals surface area contributed by atoms with Crippen LogP contribution in [0.4, 0.5) is 4.79 Å². The summed E-state index contributed by atoms with van der Waals surface area (Å²) in [7, 11) is -2.46. The number of carbonyl (C=O) groups excluding carboxylic acids is 2. The predicted molar refractivity (Wildman–Crippen MR) is 162 cm³/mol. The fourth-order valence-electron chi connectivity index (χ4n) is 4.74. The highest BCUT2D eigenvalue weighted by Crippen LogP contribution is 2.30. The van der Waals surface area contributed by atoms with Crippen molar-refractivity contribution < 1.29 is 27.5 Å². The maximum absolute atomic E-state index is 13.5. The molecule has 3 aromatic rings. The highest BCUT2D eigenvalue weighted by atomic mass is 35.5. The van der Waals surface area contributed by atoms with Crippen molar-refractivity contribution in [1.29, 1.82) is 0 Å². The van der Waals surface area contributed by atoms with E-state index in [1.807, 2.05) is 48.5 Å². The summed E-state index contributed by atoms with van der Waals surface area (Å²) in [4.78, 5) is 26.7. The van der Waals surface area contributed by atoms with Crippen LogP contribution in [0.2, 0.25) is 5.02 Å². The molecule has 9 nitrogen and oxygen atoms in total. The Hall–Kier alpha value is -3.60. The molecule has 0 unspecified atom stereocenters. The van der Waals surface area contributed by atoms with Crippen LogP contribution < -0.4 is 10.1 Å². The standard InChI is InChI=1S/C31H36ClN3O6S/c1-21-17-24(32)20-25(18-21)42(38,39)35-16-8-15-34(35)30(37)33-27(29(36)41-31(2,3)4)19-22-11-13-23(14-12-22)26-9-6-7-10-28(26)40-5/h6-7,9-14,17-18,20,27H,8,15-16,19H2,1-5H3,(H,33,37)/t27-/m0/s1. The highest BCUT2D eigenvalue weighted by Gasteiger charge is 2.39. The van der Waals surface area contributed by atoms with Gasteiger partial charge in [0.05, 0.1) is 12.0 Å². The molecule has 4 rings (SSSR count). The van der Waals surface area contributed by atoms with E-state index in [0.717, 1.165) is 31.9 Å². The molecule has 1 aliphatic rings. The van der Waals surface area contributed by atoms with Crippen LogP contribution in [0, 0.1) is 6.92 Å². The molecule has 0 saturated carbocycles. The zero-order valence-corrected chi connectivity index (χ0v) is 26.0. The maximum Gasteiger partial charge on any atom is 0.333 e.